The summed E-state index contributed by atoms with van der Waals surface area (Å²) in [4.78, 5) is 12.7. The van der Waals surface area contributed by atoms with Gasteiger partial charge in [0.15, 0.2) is 5.82 Å². The number of aromatic nitrogens is 3. The number of nitrogens with zero attached hydrogens (tertiary/aromatic N) is 3. The maximum absolute atomic E-state index is 12.7. The molecule has 3 aromatic carbocycles. The molecule has 0 saturated carbocycles. The van der Waals surface area contributed by atoms with Crippen molar-refractivity contribution >= 4 is 23.6 Å². The Morgan fingerprint density at radius 1 is 0.919 bits per heavy atom. The minimum Gasteiger partial charge on any atom is -0.444 e. The molecule has 0 bridgehead atoms. The largest absolute Gasteiger partial charge is 0.444 e. The van der Waals surface area contributed by atoms with Crippen LogP contribution in [0, 0.1) is 0 Å². The van der Waals surface area contributed by atoms with Crippen LogP contribution in [0.25, 0.3) is 16.8 Å². The van der Waals surface area contributed by atoms with Crippen molar-refractivity contribution in [1.29, 1.82) is 0 Å². The molecular formula is C29H29N5O2S. The molecule has 5 rings (SSSR count). The number of fused-ring (bicyclic) bond motifs is 1. The van der Waals surface area contributed by atoms with Gasteiger partial charge in [0.1, 0.15) is 5.60 Å². The molecule has 0 saturated heterocycles. The van der Waals surface area contributed by atoms with Gasteiger partial charge in [-0.1, -0.05) is 96.7 Å². The van der Waals surface area contributed by atoms with Crippen LogP contribution in [-0.4, -0.2) is 26.6 Å². The third-order valence-corrected chi connectivity index (χ3v) is 6.59. The summed E-state index contributed by atoms with van der Waals surface area (Å²) < 4.78 is 7.38. The number of nitrogens with one attached hydrogen (secondary N) is 2. The Balaban J connectivity index is 1.39. The Bertz CT molecular complexity index is 1390. The molecule has 7 nitrogen and oxygen atoms in total. The van der Waals surface area contributed by atoms with E-state index in [-0.39, 0.29) is 0 Å². The summed E-state index contributed by atoms with van der Waals surface area (Å²) in [7, 11) is 0. The molecule has 8 heteroatoms. The van der Waals surface area contributed by atoms with E-state index in [0.29, 0.717) is 17.4 Å². The Morgan fingerprint density at radius 3 is 2.22 bits per heavy atom. The first-order valence-electron chi connectivity index (χ1n) is 12.1. The van der Waals surface area contributed by atoms with E-state index in [1.807, 2.05) is 79.4 Å². The van der Waals surface area contributed by atoms with Gasteiger partial charge in [-0.3, -0.25) is 5.43 Å². The Morgan fingerprint density at radius 2 is 1.54 bits per heavy atom. The van der Waals surface area contributed by atoms with Crippen molar-refractivity contribution < 1.29 is 9.53 Å². The van der Waals surface area contributed by atoms with Gasteiger partial charge in [0.2, 0.25) is 5.16 Å². The van der Waals surface area contributed by atoms with Crippen LogP contribution in [0.4, 0.5) is 4.79 Å². The predicted octanol–water partition coefficient (Wildman–Crippen LogP) is 6.40. The van der Waals surface area contributed by atoms with Gasteiger partial charge in [0.25, 0.3) is 0 Å². The maximum Gasteiger partial charge on any atom is 0.408 e. The van der Waals surface area contributed by atoms with Crippen LogP contribution in [0.1, 0.15) is 43.8 Å². The summed E-state index contributed by atoms with van der Waals surface area (Å²) in [6.07, 6.45) is 0.0385. The van der Waals surface area contributed by atoms with Crippen LogP contribution in [-0.2, 0) is 11.2 Å². The second-order valence-electron chi connectivity index (χ2n) is 9.77. The molecule has 2 heterocycles. The number of hydrogen-bond donors (Lipinski definition) is 2. The highest BCUT2D eigenvalue weighted by molar-refractivity contribution is 8.02. The number of alkyl carbamates (subject to hydrolysis) is 1. The number of thioether (sulfide) groups is 1. The van der Waals surface area contributed by atoms with Crippen molar-refractivity contribution in [2.75, 3.05) is 5.43 Å². The molecular weight excluding hydrogens is 482 g/mol. The van der Waals surface area contributed by atoms with Gasteiger partial charge < -0.3 is 10.1 Å². The van der Waals surface area contributed by atoms with Gasteiger partial charge in [-0.15, -0.1) is 10.2 Å². The number of ether oxygens (including phenoxy) is 1. The van der Waals surface area contributed by atoms with Crippen molar-refractivity contribution in [3.8, 4) is 11.1 Å². The molecule has 0 aliphatic carbocycles. The molecule has 1 aliphatic heterocycles. The van der Waals surface area contributed by atoms with E-state index < -0.39 is 17.7 Å². The normalized spacial score (nSPS) is 13.6. The molecule has 1 aromatic heterocycles. The van der Waals surface area contributed by atoms with Crippen LogP contribution >= 0.6 is 11.8 Å². The van der Waals surface area contributed by atoms with Crippen LogP contribution in [0.5, 0.6) is 0 Å². The number of rotatable bonds is 6. The van der Waals surface area contributed by atoms with E-state index >= 15 is 0 Å². The van der Waals surface area contributed by atoms with E-state index in [1.165, 1.54) is 17.3 Å². The van der Waals surface area contributed by atoms with Gasteiger partial charge in [0, 0.05) is 11.8 Å². The van der Waals surface area contributed by atoms with Crippen LogP contribution in [0.3, 0.4) is 0 Å². The Kier molecular flexibility index (Phi) is 7.01. The summed E-state index contributed by atoms with van der Waals surface area (Å²) in [5, 5.41) is 14.5. The molecule has 2 N–H and O–H groups in total. The molecule has 37 heavy (non-hydrogen) atoms. The lowest BCUT2D eigenvalue weighted by Gasteiger charge is -2.25. The van der Waals surface area contributed by atoms with Crippen molar-refractivity contribution in [1.82, 2.24) is 20.2 Å². The Hall–Kier alpha value is -4.04. The quantitative estimate of drug-likeness (QED) is 0.312. The predicted molar refractivity (Wildman–Crippen MR) is 147 cm³/mol. The van der Waals surface area contributed by atoms with Gasteiger partial charge in [-0.25, -0.2) is 9.47 Å². The number of amides is 1. The zero-order valence-corrected chi connectivity index (χ0v) is 21.8. The number of benzene rings is 3. The van der Waals surface area contributed by atoms with Crippen molar-refractivity contribution in [3.63, 3.8) is 0 Å². The Labute approximate surface area is 220 Å². The third kappa shape index (κ3) is 6.03. The zero-order valence-electron chi connectivity index (χ0n) is 21.0. The second-order valence-corrected chi connectivity index (χ2v) is 10.6. The number of carbonyl (C=O) groups is 1. The fourth-order valence-corrected chi connectivity index (χ4v) is 4.80. The van der Waals surface area contributed by atoms with Crippen LogP contribution in [0.15, 0.2) is 95.5 Å². The SMILES string of the molecule is CC(C)(C)OC(=O)N[C@@H](Cc1ccccc1)c1nnc2n1NC(c1ccc(-c3ccccc3)cc1)=CS2. The van der Waals surface area contributed by atoms with Crippen molar-refractivity contribution in [2.45, 2.75) is 44.0 Å². The first kappa shape index (κ1) is 24.6. The molecule has 1 aliphatic rings. The van der Waals surface area contributed by atoms with E-state index in [0.717, 1.165) is 22.4 Å². The van der Waals surface area contributed by atoms with Crippen LogP contribution in [0.2, 0.25) is 0 Å². The fraction of sp³-hybridized carbons (Fsp3) is 0.207. The van der Waals surface area contributed by atoms with E-state index in [9.17, 15) is 4.79 Å². The minimum atomic E-state index is -0.610. The number of carbonyl (C=O) groups excluding carboxylic acids is 1. The minimum absolute atomic E-state index is 0.452. The molecule has 0 fully saturated rings. The first-order valence-corrected chi connectivity index (χ1v) is 13.0. The topological polar surface area (TPSA) is 81.1 Å². The van der Waals surface area contributed by atoms with E-state index in [2.05, 4.69) is 57.3 Å². The van der Waals surface area contributed by atoms with Crippen molar-refractivity contribution in [2.24, 2.45) is 0 Å². The highest BCUT2D eigenvalue weighted by Crippen LogP contribution is 2.31. The van der Waals surface area contributed by atoms with E-state index in [4.69, 9.17) is 4.74 Å². The van der Waals surface area contributed by atoms with Gasteiger partial charge in [0.05, 0.1) is 11.7 Å². The highest BCUT2D eigenvalue weighted by atomic mass is 32.2. The second kappa shape index (κ2) is 10.5. The monoisotopic (exact) mass is 511 g/mol. The fourth-order valence-electron chi connectivity index (χ4n) is 4.06. The van der Waals surface area contributed by atoms with Crippen LogP contribution < -0.4 is 10.7 Å². The van der Waals surface area contributed by atoms with Crippen molar-refractivity contribution in [3.05, 3.63) is 107 Å². The zero-order chi connectivity index (χ0) is 25.8. The van der Waals surface area contributed by atoms with Gasteiger partial charge in [-0.05, 0) is 43.0 Å². The summed E-state index contributed by atoms with van der Waals surface area (Å²) in [5.74, 6) is 0.601. The molecule has 0 radical (unpaired) electrons. The first-order chi connectivity index (χ1) is 17.9. The highest BCUT2D eigenvalue weighted by Gasteiger charge is 2.28. The molecule has 1 amide bonds. The summed E-state index contributed by atoms with van der Waals surface area (Å²) >= 11 is 1.49. The molecule has 0 spiro atoms. The number of hydrogen-bond acceptors (Lipinski definition) is 6. The lowest BCUT2D eigenvalue weighted by Crippen LogP contribution is -2.37. The lowest BCUT2D eigenvalue weighted by atomic mass is 10.0. The molecule has 188 valence electrons. The molecule has 4 aromatic rings. The van der Waals surface area contributed by atoms with Gasteiger partial charge in [-0.2, -0.15) is 0 Å². The average molecular weight is 512 g/mol. The van der Waals surface area contributed by atoms with E-state index in [1.54, 1.807) is 0 Å². The maximum atomic E-state index is 12.7. The third-order valence-electron chi connectivity index (χ3n) is 5.76. The smallest absolute Gasteiger partial charge is 0.408 e. The summed E-state index contributed by atoms with van der Waals surface area (Å²) in [6.45, 7) is 5.53. The average Bonchev–Trinajstić information content (AvgIpc) is 3.32. The standard InChI is InChI=1S/C29H29N5O2S/c1-29(2,3)36-28(35)30-24(18-20-10-6-4-7-11-20)26-31-32-27-34(26)33-25(19-37-27)23-16-14-22(15-17-23)21-12-8-5-9-13-21/h4-17,19,24,33H,18H2,1-3H3,(H,30,35)/t24-/m0/s1. The molecule has 1 atom stereocenters. The lowest BCUT2D eigenvalue weighted by molar-refractivity contribution is 0.0500. The summed E-state index contributed by atoms with van der Waals surface area (Å²) in [5.41, 5.74) is 8.20. The van der Waals surface area contributed by atoms with Gasteiger partial charge >= 0.3 is 6.09 Å². The summed E-state index contributed by atoms with van der Waals surface area (Å²) in [6, 6.07) is 28.2. The molecule has 0 unspecified atom stereocenters.